The van der Waals surface area contributed by atoms with Crippen molar-refractivity contribution in [3.8, 4) is 0 Å². The van der Waals surface area contributed by atoms with Gasteiger partial charge in [0.25, 0.3) is 0 Å². The smallest absolute Gasteiger partial charge is 0.175 e. The number of hydrogen-bond donors (Lipinski definition) is 3. The maximum Gasteiger partial charge on any atom is 0.175 e. The maximum absolute atomic E-state index is 9.25. The number of nitrogens with zero attached hydrogens (tertiary/aromatic N) is 1. The van der Waals surface area contributed by atoms with E-state index in [2.05, 4.69) is 21.5 Å². The molecule has 0 spiro atoms. The van der Waals surface area contributed by atoms with Crippen molar-refractivity contribution in [2.24, 2.45) is 0 Å². The summed E-state index contributed by atoms with van der Waals surface area (Å²) in [6.07, 6.45) is -1.52. The lowest BCUT2D eigenvalue weighted by molar-refractivity contribution is 0.0613. The quantitative estimate of drug-likeness (QED) is 0.476. The third-order valence-electron chi connectivity index (χ3n) is 1.74. The second-order valence-corrected chi connectivity index (χ2v) is 3.67. The van der Waals surface area contributed by atoms with Gasteiger partial charge in [-0.2, -0.15) is 3.93 Å². The van der Waals surface area contributed by atoms with Gasteiger partial charge in [0.15, 0.2) is 6.35 Å². The second kappa shape index (κ2) is 2.42. The van der Waals surface area contributed by atoms with E-state index in [0.29, 0.717) is 0 Å². The fraction of sp³-hybridized carbons (Fsp3) is 1.00. The Kier molecular flexibility index (Phi) is 2.04. The number of nitrogens with one attached hydrogen (secondary N) is 1. The van der Waals surface area contributed by atoms with Gasteiger partial charge < -0.3 is 10.2 Å². The Hall–Kier alpha value is 0.320. The third-order valence-corrected chi connectivity index (χ3v) is 3.04. The molecule has 1 rings (SSSR count). The molecular formula is C5H11BrN2O2. The van der Waals surface area contributed by atoms with Crippen molar-refractivity contribution >= 4 is 16.1 Å². The van der Waals surface area contributed by atoms with E-state index < -0.39 is 18.1 Å². The van der Waals surface area contributed by atoms with Crippen molar-refractivity contribution in [1.29, 1.82) is 0 Å². The fourth-order valence-corrected chi connectivity index (χ4v) is 1.15. The van der Waals surface area contributed by atoms with Crippen LogP contribution in [0.25, 0.3) is 0 Å². The fourth-order valence-electron chi connectivity index (χ4n) is 0.843. The normalized spacial score (nSPS) is 40.5. The van der Waals surface area contributed by atoms with Crippen molar-refractivity contribution in [2.45, 2.75) is 32.0 Å². The first-order valence-corrected chi connectivity index (χ1v) is 3.74. The molecule has 1 fully saturated rings. The van der Waals surface area contributed by atoms with Crippen molar-refractivity contribution in [2.75, 3.05) is 0 Å². The van der Waals surface area contributed by atoms with Crippen LogP contribution in [0.1, 0.15) is 13.8 Å². The molecule has 0 saturated carbocycles. The van der Waals surface area contributed by atoms with Crippen molar-refractivity contribution in [1.82, 2.24) is 9.24 Å². The topological polar surface area (TPSA) is 55.7 Å². The van der Waals surface area contributed by atoms with Crippen LogP contribution in [0.2, 0.25) is 0 Å². The molecule has 5 heteroatoms. The second-order valence-electron chi connectivity index (χ2n) is 2.91. The molecule has 1 heterocycles. The van der Waals surface area contributed by atoms with E-state index in [4.69, 9.17) is 5.11 Å². The summed E-state index contributed by atoms with van der Waals surface area (Å²) in [6, 6.07) is 0. The van der Waals surface area contributed by atoms with Gasteiger partial charge in [-0.05, 0) is 13.8 Å². The molecule has 0 aromatic carbocycles. The zero-order valence-electron chi connectivity index (χ0n) is 5.87. The zero-order valence-corrected chi connectivity index (χ0v) is 7.46. The van der Waals surface area contributed by atoms with Crippen LogP contribution in [0.3, 0.4) is 0 Å². The Morgan fingerprint density at radius 2 is 2.00 bits per heavy atom. The number of halogens is 1. The van der Waals surface area contributed by atoms with E-state index >= 15 is 0 Å². The lowest BCUT2D eigenvalue weighted by atomic mass is 10.1. The summed E-state index contributed by atoms with van der Waals surface area (Å²) in [5, 5.41) is 20.9. The van der Waals surface area contributed by atoms with Crippen molar-refractivity contribution in [3.63, 3.8) is 0 Å². The first-order chi connectivity index (χ1) is 4.46. The van der Waals surface area contributed by atoms with E-state index in [1.165, 1.54) is 3.93 Å². The van der Waals surface area contributed by atoms with Gasteiger partial charge in [-0.25, -0.2) is 0 Å². The molecule has 0 aromatic heterocycles. The van der Waals surface area contributed by atoms with E-state index in [9.17, 15) is 5.11 Å². The van der Waals surface area contributed by atoms with E-state index in [-0.39, 0.29) is 0 Å². The summed E-state index contributed by atoms with van der Waals surface area (Å²) in [5.41, 5.74) is -0.473. The highest BCUT2D eigenvalue weighted by molar-refractivity contribution is 9.07. The Morgan fingerprint density at radius 3 is 2.10 bits per heavy atom. The predicted octanol–water partition coefficient (Wildman–Crippen LogP) is -0.426. The summed E-state index contributed by atoms with van der Waals surface area (Å²) in [7, 11) is 0. The van der Waals surface area contributed by atoms with Gasteiger partial charge >= 0.3 is 0 Å². The molecule has 0 aliphatic carbocycles. The van der Waals surface area contributed by atoms with Gasteiger partial charge in [-0.3, -0.25) is 5.32 Å². The molecule has 0 radical (unpaired) electrons. The Bertz CT molecular complexity index is 142. The molecule has 1 saturated heterocycles. The molecule has 3 N–H and O–H groups in total. The first-order valence-electron chi connectivity index (χ1n) is 3.03. The summed E-state index contributed by atoms with van der Waals surface area (Å²) >= 11 is 3.13. The van der Waals surface area contributed by atoms with Crippen LogP contribution in [-0.4, -0.2) is 32.3 Å². The van der Waals surface area contributed by atoms with Crippen LogP contribution in [0.15, 0.2) is 0 Å². The van der Waals surface area contributed by atoms with Gasteiger partial charge in [0.2, 0.25) is 0 Å². The lowest BCUT2D eigenvalue weighted by Crippen LogP contribution is -2.42. The molecule has 1 aliphatic rings. The Labute approximate surface area is 68.2 Å². The molecule has 1 aliphatic heterocycles. The molecule has 2 atom stereocenters. The average Bonchev–Trinajstić information content (AvgIpc) is 1.97. The number of aliphatic hydroxyl groups is 2. The number of aliphatic hydroxyl groups excluding tert-OH is 2. The standard InChI is InChI=1S/C5H11BrN2O2/c1-5(2)3(9)7-4(10)8(5)6/h3-4,7,9-10H,1-2H3. The van der Waals surface area contributed by atoms with Gasteiger partial charge in [-0.15, -0.1) is 0 Å². The van der Waals surface area contributed by atoms with Crippen LogP contribution < -0.4 is 5.32 Å². The van der Waals surface area contributed by atoms with Crippen molar-refractivity contribution < 1.29 is 10.2 Å². The van der Waals surface area contributed by atoms with Gasteiger partial charge in [0, 0.05) is 16.1 Å². The number of hydrogen-bond acceptors (Lipinski definition) is 4. The van der Waals surface area contributed by atoms with Crippen molar-refractivity contribution in [3.05, 3.63) is 0 Å². The summed E-state index contributed by atoms with van der Waals surface area (Å²) in [6.45, 7) is 3.63. The van der Waals surface area contributed by atoms with Crippen LogP contribution >= 0.6 is 16.1 Å². The molecule has 60 valence electrons. The SMILES string of the molecule is CC1(C)C(O)NC(O)N1Br. The van der Waals surface area contributed by atoms with Gasteiger partial charge in [-0.1, -0.05) is 0 Å². The minimum Gasteiger partial charge on any atom is -0.376 e. The monoisotopic (exact) mass is 210 g/mol. The minimum absolute atomic E-state index is 0.473. The summed E-state index contributed by atoms with van der Waals surface area (Å²) < 4.78 is 1.49. The predicted molar refractivity (Wildman–Crippen MR) is 40.0 cm³/mol. The van der Waals surface area contributed by atoms with E-state index in [1.807, 2.05) is 13.8 Å². The molecule has 0 amide bonds. The average molecular weight is 211 g/mol. The van der Waals surface area contributed by atoms with Crippen LogP contribution in [0.5, 0.6) is 0 Å². The Morgan fingerprint density at radius 1 is 1.50 bits per heavy atom. The van der Waals surface area contributed by atoms with Gasteiger partial charge in [0.05, 0.1) is 5.54 Å². The summed E-state index contributed by atoms with van der Waals surface area (Å²) in [4.78, 5) is 0. The van der Waals surface area contributed by atoms with E-state index in [0.717, 1.165) is 0 Å². The van der Waals surface area contributed by atoms with Gasteiger partial charge in [0.1, 0.15) is 6.23 Å². The minimum atomic E-state index is -0.815. The van der Waals surface area contributed by atoms with E-state index in [1.54, 1.807) is 0 Å². The highest BCUT2D eigenvalue weighted by atomic mass is 79.9. The highest BCUT2D eigenvalue weighted by Gasteiger charge is 2.44. The number of rotatable bonds is 0. The van der Waals surface area contributed by atoms with Crippen LogP contribution in [0, 0.1) is 0 Å². The maximum atomic E-state index is 9.25. The zero-order chi connectivity index (χ0) is 7.94. The van der Waals surface area contributed by atoms with Crippen LogP contribution in [0.4, 0.5) is 0 Å². The molecule has 0 aromatic rings. The lowest BCUT2D eigenvalue weighted by Gasteiger charge is -2.27. The third kappa shape index (κ3) is 1.08. The molecular weight excluding hydrogens is 200 g/mol. The largest absolute Gasteiger partial charge is 0.376 e. The Balaban J connectivity index is 2.75. The molecule has 2 unspecified atom stereocenters. The first kappa shape index (κ1) is 8.42. The summed E-state index contributed by atoms with van der Waals surface area (Å²) in [5.74, 6) is 0. The molecule has 0 bridgehead atoms. The molecule has 4 nitrogen and oxygen atoms in total. The molecule has 10 heavy (non-hydrogen) atoms. The highest BCUT2D eigenvalue weighted by Crippen LogP contribution is 2.28. The van der Waals surface area contributed by atoms with Crippen LogP contribution in [-0.2, 0) is 0 Å².